The minimum Gasteiger partial charge on any atom is -0.489 e. The van der Waals surface area contributed by atoms with Gasteiger partial charge in [-0.2, -0.15) is 0 Å². The molecule has 0 fully saturated rings. The summed E-state index contributed by atoms with van der Waals surface area (Å²) in [7, 11) is 0. The van der Waals surface area contributed by atoms with Crippen LogP contribution in [0.25, 0.3) is 0 Å². The van der Waals surface area contributed by atoms with Crippen LogP contribution in [0.5, 0.6) is 17.2 Å². The second-order valence-corrected chi connectivity index (χ2v) is 5.81. The van der Waals surface area contributed by atoms with Gasteiger partial charge in [-0.15, -0.1) is 0 Å². The molecule has 0 heterocycles. The molecular weight excluding hydrogens is 336 g/mol. The van der Waals surface area contributed by atoms with Gasteiger partial charge < -0.3 is 15.2 Å². The zero-order valence-corrected chi connectivity index (χ0v) is 14.2. The topological polar surface area (TPSA) is 68.3 Å². The van der Waals surface area contributed by atoms with E-state index in [1.54, 1.807) is 18.2 Å². The number of nitrogens with one attached hydrogen (secondary N) is 1. The maximum Gasteiger partial charge on any atom is 0.146 e. The van der Waals surface area contributed by atoms with E-state index in [0.29, 0.717) is 28.7 Å². The zero-order chi connectivity index (χ0) is 17.6. The number of nitrogen functional groups attached to an aromatic ring is 1. The van der Waals surface area contributed by atoms with Gasteiger partial charge in [-0.1, -0.05) is 41.9 Å². The fourth-order valence-electron chi connectivity index (χ4n) is 2.22. The van der Waals surface area contributed by atoms with Crippen molar-refractivity contribution in [2.75, 3.05) is 0 Å². The van der Waals surface area contributed by atoms with E-state index in [9.17, 15) is 0 Å². The fourth-order valence-corrected chi connectivity index (χ4v) is 2.44. The number of rotatable bonds is 6. The average molecular weight is 353 g/mol. The highest BCUT2D eigenvalue weighted by Gasteiger charge is 2.06. The summed E-state index contributed by atoms with van der Waals surface area (Å²) < 4.78 is 11.5. The predicted molar refractivity (Wildman–Crippen MR) is 99.8 cm³/mol. The molecule has 3 aromatic carbocycles. The molecule has 0 bridgehead atoms. The van der Waals surface area contributed by atoms with E-state index in [2.05, 4.69) is 0 Å². The van der Waals surface area contributed by atoms with Crippen molar-refractivity contribution < 1.29 is 9.47 Å². The lowest BCUT2D eigenvalue weighted by Crippen LogP contribution is -2.10. The second-order valence-electron chi connectivity index (χ2n) is 5.41. The zero-order valence-electron chi connectivity index (χ0n) is 13.4. The molecule has 3 aromatic rings. The van der Waals surface area contributed by atoms with Gasteiger partial charge in [-0.3, -0.25) is 5.41 Å². The summed E-state index contributed by atoms with van der Waals surface area (Å²) in [6.07, 6.45) is 0. The summed E-state index contributed by atoms with van der Waals surface area (Å²) in [6, 6.07) is 22.3. The fraction of sp³-hybridized carbons (Fsp3) is 0.0500. The van der Waals surface area contributed by atoms with Crippen LogP contribution in [0, 0.1) is 5.41 Å². The first kappa shape index (κ1) is 16.9. The van der Waals surface area contributed by atoms with Gasteiger partial charge in [0.2, 0.25) is 0 Å². The van der Waals surface area contributed by atoms with Gasteiger partial charge in [0.15, 0.2) is 0 Å². The molecular formula is C20H17ClN2O2. The summed E-state index contributed by atoms with van der Waals surface area (Å²) in [5, 5.41) is 7.81. The highest BCUT2D eigenvalue weighted by atomic mass is 35.5. The number of ether oxygens (including phenoxy) is 2. The van der Waals surface area contributed by atoms with E-state index in [4.69, 9.17) is 32.2 Å². The molecule has 0 aromatic heterocycles. The smallest absolute Gasteiger partial charge is 0.146 e. The van der Waals surface area contributed by atoms with Crippen LogP contribution in [-0.2, 0) is 6.61 Å². The summed E-state index contributed by atoms with van der Waals surface area (Å²) in [4.78, 5) is 0. The van der Waals surface area contributed by atoms with Crippen LogP contribution < -0.4 is 15.2 Å². The van der Waals surface area contributed by atoms with Crippen molar-refractivity contribution in [3.8, 4) is 17.2 Å². The van der Waals surface area contributed by atoms with E-state index in [-0.39, 0.29) is 5.84 Å². The summed E-state index contributed by atoms with van der Waals surface area (Å²) in [5.74, 6) is 1.87. The van der Waals surface area contributed by atoms with Gasteiger partial charge in [0.1, 0.15) is 29.7 Å². The predicted octanol–water partition coefficient (Wildman–Crippen LogP) is 5.00. The Morgan fingerprint density at radius 2 is 1.60 bits per heavy atom. The van der Waals surface area contributed by atoms with E-state index < -0.39 is 0 Å². The van der Waals surface area contributed by atoms with Crippen molar-refractivity contribution in [2.24, 2.45) is 5.73 Å². The van der Waals surface area contributed by atoms with Crippen LogP contribution in [0.2, 0.25) is 5.02 Å². The molecule has 0 aliphatic carbocycles. The third-order valence-corrected chi connectivity index (χ3v) is 3.84. The van der Waals surface area contributed by atoms with Crippen molar-refractivity contribution in [2.45, 2.75) is 6.61 Å². The third-order valence-electron chi connectivity index (χ3n) is 3.54. The normalized spacial score (nSPS) is 10.3. The summed E-state index contributed by atoms with van der Waals surface area (Å²) >= 11 is 6.17. The standard InChI is InChI=1S/C20H17ClN2O2/c21-18-12-15(20(22)23)6-11-19(18)25-17-9-7-16(8-10-17)24-13-14-4-2-1-3-5-14/h1-12H,13H2,(H3,22,23). The van der Waals surface area contributed by atoms with Crippen LogP contribution in [0.1, 0.15) is 11.1 Å². The maximum atomic E-state index is 7.41. The van der Waals surface area contributed by atoms with E-state index in [1.807, 2.05) is 54.6 Å². The third kappa shape index (κ3) is 4.52. The quantitative estimate of drug-likeness (QED) is 0.484. The second kappa shape index (κ2) is 7.73. The Kier molecular flexibility index (Phi) is 5.21. The molecule has 0 atom stereocenters. The summed E-state index contributed by atoms with van der Waals surface area (Å²) in [6.45, 7) is 0.513. The molecule has 0 saturated carbocycles. The monoisotopic (exact) mass is 352 g/mol. The number of amidine groups is 1. The Hall–Kier alpha value is -2.98. The lowest BCUT2D eigenvalue weighted by Gasteiger charge is -2.10. The SMILES string of the molecule is N=C(N)c1ccc(Oc2ccc(OCc3ccccc3)cc2)c(Cl)c1. The molecule has 0 aliphatic rings. The minimum absolute atomic E-state index is 0.0339. The molecule has 5 heteroatoms. The van der Waals surface area contributed by atoms with Gasteiger partial charge in [0, 0.05) is 5.56 Å². The van der Waals surface area contributed by atoms with Gasteiger partial charge in [0.05, 0.1) is 5.02 Å². The lowest BCUT2D eigenvalue weighted by atomic mass is 10.2. The van der Waals surface area contributed by atoms with Crippen LogP contribution >= 0.6 is 11.6 Å². The number of benzene rings is 3. The lowest BCUT2D eigenvalue weighted by molar-refractivity contribution is 0.306. The Labute approximate surface area is 151 Å². The van der Waals surface area contributed by atoms with Gasteiger partial charge in [0.25, 0.3) is 0 Å². The van der Waals surface area contributed by atoms with Crippen molar-refractivity contribution in [3.05, 3.63) is 88.9 Å². The molecule has 0 spiro atoms. The first-order valence-corrected chi connectivity index (χ1v) is 8.08. The number of hydrogen-bond acceptors (Lipinski definition) is 3. The van der Waals surface area contributed by atoms with Crippen molar-refractivity contribution in [1.82, 2.24) is 0 Å². The number of halogens is 1. The number of nitrogens with two attached hydrogens (primary N) is 1. The Morgan fingerprint density at radius 1 is 0.920 bits per heavy atom. The largest absolute Gasteiger partial charge is 0.489 e. The van der Waals surface area contributed by atoms with Crippen LogP contribution in [-0.4, -0.2) is 5.84 Å². The van der Waals surface area contributed by atoms with Crippen LogP contribution in [0.4, 0.5) is 0 Å². The molecule has 0 amide bonds. The maximum absolute atomic E-state index is 7.41. The highest BCUT2D eigenvalue weighted by molar-refractivity contribution is 6.32. The van der Waals surface area contributed by atoms with Crippen LogP contribution in [0.15, 0.2) is 72.8 Å². The molecule has 0 unspecified atom stereocenters. The van der Waals surface area contributed by atoms with Gasteiger partial charge in [-0.25, -0.2) is 0 Å². The molecule has 0 radical (unpaired) electrons. The first-order chi connectivity index (χ1) is 12.1. The van der Waals surface area contributed by atoms with E-state index in [1.165, 1.54) is 0 Å². The minimum atomic E-state index is -0.0339. The molecule has 0 aliphatic heterocycles. The molecule has 25 heavy (non-hydrogen) atoms. The molecule has 0 saturated heterocycles. The van der Waals surface area contributed by atoms with Crippen molar-refractivity contribution in [1.29, 1.82) is 5.41 Å². The molecule has 3 N–H and O–H groups in total. The highest BCUT2D eigenvalue weighted by Crippen LogP contribution is 2.31. The van der Waals surface area contributed by atoms with E-state index >= 15 is 0 Å². The Balaban J connectivity index is 1.63. The van der Waals surface area contributed by atoms with Gasteiger partial charge in [-0.05, 0) is 48.0 Å². The molecule has 126 valence electrons. The molecule has 4 nitrogen and oxygen atoms in total. The average Bonchev–Trinajstić information content (AvgIpc) is 2.63. The first-order valence-electron chi connectivity index (χ1n) is 7.70. The van der Waals surface area contributed by atoms with Crippen LogP contribution in [0.3, 0.4) is 0 Å². The number of hydrogen-bond donors (Lipinski definition) is 2. The van der Waals surface area contributed by atoms with Gasteiger partial charge >= 0.3 is 0 Å². The van der Waals surface area contributed by atoms with Crippen molar-refractivity contribution >= 4 is 17.4 Å². The van der Waals surface area contributed by atoms with Crippen molar-refractivity contribution in [3.63, 3.8) is 0 Å². The Bertz CT molecular complexity index is 865. The van der Waals surface area contributed by atoms with E-state index in [0.717, 1.165) is 11.3 Å². The molecule has 3 rings (SSSR count). The Morgan fingerprint density at radius 3 is 2.24 bits per heavy atom. The summed E-state index contributed by atoms with van der Waals surface area (Å²) in [5.41, 5.74) is 7.11.